The molecule has 0 saturated heterocycles. The molecule has 0 bridgehead atoms. The van der Waals surface area contributed by atoms with E-state index in [2.05, 4.69) is 15.4 Å². The topological polar surface area (TPSA) is 67.4 Å². The monoisotopic (exact) mass is 490 g/mol. The van der Waals surface area contributed by atoms with Crippen molar-refractivity contribution in [2.45, 2.75) is 38.2 Å². The maximum Gasteiger partial charge on any atom is 0.573 e. The first-order valence-corrected chi connectivity index (χ1v) is 10.5. The van der Waals surface area contributed by atoms with Crippen LogP contribution in [0.5, 0.6) is 5.75 Å². The first-order chi connectivity index (χ1) is 16.0. The van der Waals surface area contributed by atoms with Crippen molar-refractivity contribution in [3.05, 3.63) is 65.7 Å². The molecule has 0 saturated carbocycles. The Labute approximate surface area is 192 Å². The van der Waals surface area contributed by atoms with Crippen molar-refractivity contribution < 1.29 is 40.7 Å². The van der Waals surface area contributed by atoms with Gasteiger partial charge in [0.25, 0.3) is 11.8 Å². The van der Waals surface area contributed by atoms with Crippen molar-refractivity contribution in [1.82, 2.24) is 10.6 Å². The van der Waals surface area contributed by atoms with Gasteiger partial charge in [-0.25, -0.2) is 0 Å². The molecule has 0 aliphatic carbocycles. The lowest BCUT2D eigenvalue weighted by Crippen LogP contribution is -2.29. The van der Waals surface area contributed by atoms with Gasteiger partial charge in [0.2, 0.25) is 0 Å². The molecule has 2 N–H and O–H groups in total. The maximum atomic E-state index is 13.3. The minimum absolute atomic E-state index is 0.0308. The second-order valence-electron chi connectivity index (χ2n) is 7.47. The number of ether oxygens (including phenoxy) is 1. The second kappa shape index (κ2) is 12.3. The SMILES string of the molecule is O=C(NCCCC(CCCNC(=O)c1ccc(OC(F)(F)F)cc1)C(F)(F)F)c1ccccc1. The lowest BCUT2D eigenvalue weighted by atomic mass is 9.97. The summed E-state index contributed by atoms with van der Waals surface area (Å²) in [7, 11) is 0. The Bertz CT molecular complexity index is 915. The van der Waals surface area contributed by atoms with Crippen molar-refractivity contribution in [2.75, 3.05) is 13.1 Å². The lowest BCUT2D eigenvalue weighted by Gasteiger charge is -2.20. The van der Waals surface area contributed by atoms with Gasteiger partial charge in [-0.2, -0.15) is 13.2 Å². The highest BCUT2D eigenvalue weighted by Gasteiger charge is 2.38. The number of hydrogen-bond donors (Lipinski definition) is 2. The first-order valence-electron chi connectivity index (χ1n) is 10.5. The van der Waals surface area contributed by atoms with Gasteiger partial charge in [-0.15, -0.1) is 13.2 Å². The minimum atomic E-state index is -4.85. The third kappa shape index (κ3) is 9.72. The van der Waals surface area contributed by atoms with Crippen LogP contribution in [0.1, 0.15) is 46.4 Å². The normalized spacial score (nSPS) is 12.6. The van der Waals surface area contributed by atoms with Gasteiger partial charge >= 0.3 is 12.5 Å². The fourth-order valence-corrected chi connectivity index (χ4v) is 3.17. The van der Waals surface area contributed by atoms with E-state index in [0.29, 0.717) is 5.56 Å². The smallest absolute Gasteiger partial charge is 0.406 e. The number of amides is 2. The van der Waals surface area contributed by atoms with Crippen LogP contribution in [0.2, 0.25) is 0 Å². The zero-order valence-corrected chi connectivity index (χ0v) is 18.0. The molecule has 0 spiro atoms. The van der Waals surface area contributed by atoms with E-state index in [1.807, 2.05) is 0 Å². The molecule has 0 radical (unpaired) electrons. The molecule has 2 aromatic rings. The summed E-state index contributed by atoms with van der Waals surface area (Å²) in [5.41, 5.74) is 0.476. The average Bonchev–Trinajstić information content (AvgIpc) is 2.76. The van der Waals surface area contributed by atoms with Gasteiger partial charge < -0.3 is 15.4 Å². The van der Waals surface area contributed by atoms with E-state index in [1.54, 1.807) is 30.3 Å². The van der Waals surface area contributed by atoms with Gasteiger partial charge in [-0.3, -0.25) is 9.59 Å². The van der Waals surface area contributed by atoms with Gasteiger partial charge in [0.1, 0.15) is 5.75 Å². The zero-order valence-electron chi connectivity index (χ0n) is 18.0. The Morgan fingerprint density at radius 1 is 0.735 bits per heavy atom. The number of halogens is 6. The molecule has 0 aliphatic rings. The Kier molecular flexibility index (Phi) is 9.76. The summed E-state index contributed by atoms with van der Waals surface area (Å²) in [5, 5.41) is 5.04. The number of nitrogens with one attached hydrogen (secondary N) is 2. The molecule has 186 valence electrons. The van der Waals surface area contributed by atoms with Crippen LogP contribution in [0, 0.1) is 5.92 Å². The zero-order chi connectivity index (χ0) is 25.2. The number of benzene rings is 2. The Morgan fingerprint density at radius 3 is 1.65 bits per heavy atom. The van der Waals surface area contributed by atoms with Gasteiger partial charge in [-0.1, -0.05) is 18.2 Å². The van der Waals surface area contributed by atoms with Gasteiger partial charge in [0.05, 0.1) is 5.92 Å². The largest absolute Gasteiger partial charge is 0.573 e. The van der Waals surface area contributed by atoms with E-state index in [-0.39, 0.29) is 50.2 Å². The molecule has 0 aromatic heterocycles. The average molecular weight is 490 g/mol. The minimum Gasteiger partial charge on any atom is -0.406 e. The Morgan fingerprint density at radius 2 is 1.21 bits per heavy atom. The highest BCUT2D eigenvalue weighted by Crippen LogP contribution is 2.33. The molecule has 2 rings (SSSR count). The summed E-state index contributed by atoms with van der Waals surface area (Å²) >= 11 is 0. The third-order valence-electron chi connectivity index (χ3n) is 4.88. The van der Waals surface area contributed by atoms with Crippen molar-refractivity contribution in [1.29, 1.82) is 0 Å². The Balaban J connectivity index is 1.72. The van der Waals surface area contributed by atoms with Crippen molar-refractivity contribution in [2.24, 2.45) is 5.92 Å². The number of carbonyl (C=O) groups excluding carboxylic acids is 2. The molecule has 0 aliphatic heterocycles. The fraction of sp³-hybridized carbons (Fsp3) is 0.391. The molecule has 2 amide bonds. The fourth-order valence-electron chi connectivity index (χ4n) is 3.17. The van der Waals surface area contributed by atoms with Gasteiger partial charge in [0.15, 0.2) is 0 Å². The molecule has 0 heterocycles. The quantitative estimate of drug-likeness (QED) is 0.324. The predicted molar refractivity (Wildman–Crippen MR) is 112 cm³/mol. The van der Waals surface area contributed by atoms with E-state index in [9.17, 15) is 35.9 Å². The van der Waals surface area contributed by atoms with Crippen LogP contribution in [0.4, 0.5) is 26.3 Å². The predicted octanol–water partition coefficient (Wildman–Crippen LogP) is 5.48. The molecule has 11 heteroatoms. The van der Waals surface area contributed by atoms with Crippen LogP contribution < -0.4 is 15.4 Å². The molecular formula is C23H24F6N2O3. The lowest BCUT2D eigenvalue weighted by molar-refractivity contribution is -0.274. The standard InChI is InChI=1S/C23H24F6N2O3/c24-22(25,26)18(8-4-14-30-20(32)16-6-2-1-3-7-16)9-5-15-31-21(33)17-10-12-19(13-11-17)34-23(27,28)29/h1-3,6-7,10-13,18H,4-5,8-9,14-15H2,(H,30,32)(H,31,33). The molecule has 1 unspecified atom stereocenters. The molecule has 2 aromatic carbocycles. The summed E-state index contributed by atoms with van der Waals surface area (Å²) in [6.07, 6.45) is -9.46. The summed E-state index contributed by atoms with van der Waals surface area (Å²) in [5.74, 6) is -3.05. The van der Waals surface area contributed by atoms with Crippen LogP contribution >= 0.6 is 0 Å². The number of carbonyl (C=O) groups is 2. The third-order valence-corrected chi connectivity index (χ3v) is 4.88. The second-order valence-corrected chi connectivity index (χ2v) is 7.47. The van der Waals surface area contributed by atoms with Crippen molar-refractivity contribution >= 4 is 11.8 Å². The van der Waals surface area contributed by atoms with Crippen LogP contribution in [0.15, 0.2) is 54.6 Å². The molecule has 5 nitrogen and oxygen atoms in total. The van der Waals surface area contributed by atoms with Gasteiger partial charge in [0, 0.05) is 24.2 Å². The van der Waals surface area contributed by atoms with E-state index >= 15 is 0 Å². The number of hydrogen-bond acceptors (Lipinski definition) is 3. The van der Waals surface area contributed by atoms with Crippen LogP contribution in [-0.2, 0) is 0 Å². The van der Waals surface area contributed by atoms with Gasteiger partial charge in [-0.05, 0) is 62.1 Å². The van der Waals surface area contributed by atoms with Crippen LogP contribution in [0.3, 0.4) is 0 Å². The highest BCUT2D eigenvalue weighted by atomic mass is 19.4. The highest BCUT2D eigenvalue weighted by molar-refractivity contribution is 5.94. The number of alkyl halides is 6. The van der Waals surface area contributed by atoms with Crippen LogP contribution in [-0.4, -0.2) is 37.4 Å². The van der Waals surface area contributed by atoms with E-state index in [4.69, 9.17) is 0 Å². The van der Waals surface area contributed by atoms with Crippen molar-refractivity contribution in [3.8, 4) is 5.75 Å². The van der Waals surface area contributed by atoms with E-state index in [1.165, 1.54) is 0 Å². The van der Waals surface area contributed by atoms with Crippen molar-refractivity contribution in [3.63, 3.8) is 0 Å². The summed E-state index contributed by atoms with van der Waals surface area (Å²) in [6.45, 7) is 0.0715. The molecule has 1 atom stereocenters. The van der Waals surface area contributed by atoms with Crippen LogP contribution in [0.25, 0.3) is 0 Å². The summed E-state index contributed by atoms with van der Waals surface area (Å²) in [4.78, 5) is 24.0. The maximum absolute atomic E-state index is 13.3. The van der Waals surface area contributed by atoms with E-state index < -0.39 is 30.1 Å². The number of rotatable bonds is 11. The van der Waals surface area contributed by atoms with E-state index in [0.717, 1.165) is 24.3 Å². The molecule has 0 fully saturated rings. The molecular weight excluding hydrogens is 466 g/mol. The Hall–Kier alpha value is -3.24. The summed E-state index contributed by atoms with van der Waals surface area (Å²) in [6, 6.07) is 12.5. The summed E-state index contributed by atoms with van der Waals surface area (Å²) < 4.78 is 80.1. The molecule has 34 heavy (non-hydrogen) atoms. The first kappa shape index (κ1) is 27.0.